The average Bonchev–Trinajstić information content (AvgIpc) is 3.39. The molecule has 1 atom stereocenters. The number of ether oxygens (including phenoxy) is 2. The fraction of sp³-hybridized carbons (Fsp3) is 0.353. The highest BCUT2D eigenvalue weighted by molar-refractivity contribution is 7.98. The molecule has 43 heavy (non-hydrogen) atoms. The third-order valence-electron chi connectivity index (χ3n) is 8.61. The molecule has 0 bridgehead atoms. The van der Waals surface area contributed by atoms with Crippen molar-refractivity contribution in [3.8, 4) is 11.4 Å². The molecule has 2 aromatic carbocycles. The number of rotatable bonds is 9. The number of aromatic nitrogens is 2. The van der Waals surface area contributed by atoms with Gasteiger partial charge < -0.3 is 18.9 Å². The topological polar surface area (TPSA) is 90.7 Å². The van der Waals surface area contributed by atoms with Crippen molar-refractivity contribution in [3.05, 3.63) is 98.8 Å². The van der Waals surface area contributed by atoms with Gasteiger partial charge in [-0.2, -0.15) is 0 Å². The zero-order valence-corrected chi connectivity index (χ0v) is 25.7. The molecule has 0 N–H and O–H groups in total. The van der Waals surface area contributed by atoms with E-state index in [-0.39, 0.29) is 24.1 Å². The number of benzene rings is 2. The summed E-state index contributed by atoms with van der Waals surface area (Å²) in [4.78, 5) is 47.6. The zero-order valence-electron chi connectivity index (χ0n) is 24.9. The smallest absolute Gasteiger partial charge is 0.343 e. The number of carbonyl (C=O) groups is 2. The van der Waals surface area contributed by atoms with Gasteiger partial charge in [0.15, 0.2) is 5.60 Å². The highest BCUT2D eigenvalue weighted by atomic mass is 32.2. The van der Waals surface area contributed by atoms with Crippen LogP contribution in [-0.4, -0.2) is 51.1 Å². The maximum Gasteiger partial charge on any atom is 0.343 e. The minimum absolute atomic E-state index is 0.00128. The van der Waals surface area contributed by atoms with Gasteiger partial charge in [0.1, 0.15) is 6.61 Å². The molecule has 222 valence electrons. The number of hydrogen-bond acceptors (Lipinski definition) is 7. The predicted octanol–water partition coefficient (Wildman–Crippen LogP) is 5.52. The first kappa shape index (κ1) is 29.1. The van der Waals surface area contributed by atoms with Gasteiger partial charge in [0.25, 0.3) is 11.5 Å². The van der Waals surface area contributed by atoms with Crippen LogP contribution in [0.4, 0.5) is 0 Å². The molecule has 1 amide bonds. The third kappa shape index (κ3) is 4.84. The summed E-state index contributed by atoms with van der Waals surface area (Å²) in [7, 11) is 0. The van der Waals surface area contributed by atoms with E-state index in [4.69, 9.17) is 14.5 Å². The second-order valence-corrected chi connectivity index (χ2v) is 12.1. The summed E-state index contributed by atoms with van der Waals surface area (Å²) in [5.41, 5.74) is 4.40. The first-order valence-corrected chi connectivity index (χ1v) is 16.0. The lowest BCUT2D eigenvalue weighted by atomic mass is 9.85. The Bertz CT molecular complexity index is 1780. The number of cyclic esters (lactones) is 1. The van der Waals surface area contributed by atoms with Crippen LogP contribution in [-0.2, 0) is 39.4 Å². The van der Waals surface area contributed by atoms with Gasteiger partial charge in [-0.1, -0.05) is 43.3 Å². The van der Waals surface area contributed by atoms with Crippen LogP contribution in [0.1, 0.15) is 59.8 Å². The van der Waals surface area contributed by atoms with Gasteiger partial charge in [0, 0.05) is 34.7 Å². The van der Waals surface area contributed by atoms with E-state index >= 15 is 0 Å². The predicted molar refractivity (Wildman–Crippen MR) is 168 cm³/mol. The van der Waals surface area contributed by atoms with Crippen LogP contribution in [0.5, 0.6) is 0 Å². The third-order valence-corrected chi connectivity index (χ3v) is 8.97. The van der Waals surface area contributed by atoms with Crippen molar-refractivity contribution in [2.45, 2.75) is 58.4 Å². The number of amides is 1. The lowest BCUT2D eigenvalue weighted by Gasteiger charge is -2.36. The average molecular weight is 598 g/mol. The number of para-hydroxylation sites is 1. The summed E-state index contributed by atoms with van der Waals surface area (Å²) < 4.78 is 13.4. The Hall–Kier alpha value is -3.95. The van der Waals surface area contributed by atoms with Gasteiger partial charge in [-0.25, -0.2) is 9.78 Å². The normalized spacial score (nSPS) is 17.0. The number of carbonyl (C=O) groups excluding carboxylic acids is 2. The van der Waals surface area contributed by atoms with Crippen molar-refractivity contribution in [3.63, 3.8) is 0 Å². The van der Waals surface area contributed by atoms with Gasteiger partial charge in [0.2, 0.25) is 0 Å². The summed E-state index contributed by atoms with van der Waals surface area (Å²) in [5, 5.41) is 1.01. The van der Waals surface area contributed by atoms with E-state index in [2.05, 4.69) is 6.07 Å². The lowest BCUT2D eigenvalue weighted by molar-refractivity contribution is -0.177. The fourth-order valence-electron chi connectivity index (χ4n) is 6.36. The largest absolute Gasteiger partial charge is 0.458 e. The molecule has 8 nitrogen and oxygen atoms in total. The summed E-state index contributed by atoms with van der Waals surface area (Å²) in [6.07, 6.45) is 2.84. The van der Waals surface area contributed by atoms with Crippen LogP contribution in [0.3, 0.4) is 0 Å². The molecule has 0 radical (unpaired) electrons. The molecule has 0 fully saturated rings. The fourth-order valence-corrected chi connectivity index (χ4v) is 6.68. The first-order chi connectivity index (χ1) is 20.8. The number of fused-ring (bicyclic) bond motifs is 5. The molecule has 6 rings (SSSR count). The molecule has 4 heterocycles. The Labute approximate surface area is 255 Å². The highest BCUT2D eigenvalue weighted by Gasteiger charge is 2.48. The Morgan fingerprint density at radius 3 is 2.58 bits per heavy atom. The highest BCUT2D eigenvalue weighted by Crippen LogP contribution is 2.42. The van der Waals surface area contributed by atoms with E-state index in [1.807, 2.05) is 86.5 Å². The van der Waals surface area contributed by atoms with E-state index in [0.717, 1.165) is 27.7 Å². The molecule has 0 aliphatic carbocycles. The van der Waals surface area contributed by atoms with Crippen molar-refractivity contribution >= 4 is 34.5 Å². The standard InChI is InChI=1S/C34H35N3O5S/c1-5-34(42-20-43-4)27-17-29-30-25(18-37(29)32(39)26(27)19-41-33(34)40)23(24-13-9-10-14-28(24)35-30)15-16-36(21(2)3)31(38)22-11-7-6-8-12-22/h6-14,17,21H,5,15-16,18-20H2,1-4H3/t34-/m0/s1. The molecule has 9 heteroatoms. The molecule has 2 aliphatic rings. The molecule has 2 aliphatic heterocycles. The zero-order chi connectivity index (χ0) is 30.3. The van der Waals surface area contributed by atoms with Gasteiger partial charge in [-0.05, 0) is 62.8 Å². The van der Waals surface area contributed by atoms with E-state index in [1.165, 1.54) is 11.8 Å². The quantitative estimate of drug-likeness (QED) is 0.163. The minimum atomic E-state index is -1.34. The molecular weight excluding hydrogens is 562 g/mol. The maximum atomic E-state index is 14.0. The van der Waals surface area contributed by atoms with E-state index < -0.39 is 11.6 Å². The monoisotopic (exact) mass is 597 g/mol. The molecule has 4 aromatic rings. The lowest BCUT2D eigenvalue weighted by Crippen LogP contribution is -2.46. The van der Waals surface area contributed by atoms with Crippen LogP contribution in [0.25, 0.3) is 22.3 Å². The molecule has 0 saturated heterocycles. The number of esters is 1. The molecule has 2 aromatic heterocycles. The van der Waals surface area contributed by atoms with Crippen LogP contribution in [0.15, 0.2) is 65.5 Å². The molecule has 0 spiro atoms. The van der Waals surface area contributed by atoms with Crippen molar-refractivity contribution in [2.24, 2.45) is 0 Å². The molecule has 0 unspecified atom stereocenters. The van der Waals surface area contributed by atoms with E-state index in [0.29, 0.717) is 54.3 Å². The number of hydrogen-bond donors (Lipinski definition) is 0. The van der Waals surface area contributed by atoms with E-state index in [9.17, 15) is 14.4 Å². The van der Waals surface area contributed by atoms with Crippen LogP contribution in [0, 0.1) is 0 Å². The van der Waals surface area contributed by atoms with Gasteiger partial charge in [0.05, 0.1) is 35.0 Å². The summed E-state index contributed by atoms with van der Waals surface area (Å²) >= 11 is 1.46. The van der Waals surface area contributed by atoms with Gasteiger partial charge in [-0.15, -0.1) is 11.8 Å². The number of thioether (sulfide) groups is 1. The Kier molecular flexibility index (Phi) is 7.87. The van der Waals surface area contributed by atoms with Gasteiger partial charge in [-0.3, -0.25) is 9.59 Å². The van der Waals surface area contributed by atoms with Crippen molar-refractivity contribution in [1.29, 1.82) is 0 Å². The molecule has 0 saturated carbocycles. The van der Waals surface area contributed by atoms with Crippen LogP contribution < -0.4 is 5.56 Å². The Balaban J connectivity index is 1.46. The molecular formula is C34H35N3O5S. The summed E-state index contributed by atoms with van der Waals surface area (Å²) in [6.45, 7) is 6.71. The Morgan fingerprint density at radius 2 is 1.86 bits per heavy atom. The Morgan fingerprint density at radius 1 is 1.12 bits per heavy atom. The first-order valence-electron chi connectivity index (χ1n) is 14.6. The number of pyridine rings is 2. The second-order valence-electron chi connectivity index (χ2n) is 11.3. The number of nitrogens with zero attached hydrogens (tertiary/aromatic N) is 3. The second kappa shape index (κ2) is 11.6. The van der Waals surface area contributed by atoms with Crippen LogP contribution in [0.2, 0.25) is 0 Å². The maximum absolute atomic E-state index is 14.0. The van der Waals surface area contributed by atoms with Gasteiger partial charge >= 0.3 is 5.97 Å². The van der Waals surface area contributed by atoms with Crippen molar-refractivity contribution in [1.82, 2.24) is 14.5 Å². The summed E-state index contributed by atoms with van der Waals surface area (Å²) in [5.74, 6) is -0.190. The van der Waals surface area contributed by atoms with Crippen molar-refractivity contribution < 1.29 is 19.1 Å². The van der Waals surface area contributed by atoms with Crippen LogP contribution >= 0.6 is 11.8 Å². The summed E-state index contributed by atoms with van der Waals surface area (Å²) in [6, 6.07) is 19.2. The van der Waals surface area contributed by atoms with E-state index in [1.54, 1.807) is 4.57 Å². The van der Waals surface area contributed by atoms with Crippen molar-refractivity contribution in [2.75, 3.05) is 18.7 Å². The minimum Gasteiger partial charge on any atom is -0.458 e. The SMILES string of the molecule is CC[C@@]1(OCSC)C(=O)OCc2c1cc1n(c2=O)Cc2c-1nc1ccccc1c2CCN(C(=O)c1ccccc1)C(C)C.